The first-order chi connectivity index (χ1) is 6.25. The molecule has 1 heterocycles. The lowest BCUT2D eigenvalue weighted by Gasteiger charge is -1.92. The predicted molar refractivity (Wildman–Crippen MR) is 52.4 cm³/mol. The van der Waals surface area contributed by atoms with Gasteiger partial charge in [-0.15, -0.1) is 0 Å². The first-order valence-electron chi connectivity index (χ1n) is 3.51. The van der Waals surface area contributed by atoms with Gasteiger partial charge in [0.2, 0.25) is 5.82 Å². The van der Waals surface area contributed by atoms with E-state index in [0.717, 1.165) is 10.0 Å². The normalized spacial score (nSPS) is 10.3. The Morgan fingerprint density at radius 2 is 1.92 bits per heavy atom. The number of halogens is 2. The second-order valence-corrected chi connectivity index (χ2v) is 3.62. The SMILES string of the molecule is Clc1nc(-c2ccc(Br)cc2)no1. The van der Waals surface area contributed by atoms with Gasteiger partial charge in [0, 0.05) is 10.0 Å². The van der Waals surface area contributed by atoms with E-state index in [1.54, 1.807) is 0 Å². The lowest BCUT2D eigenvalue weighted by molar-refractivity contribution is 0.421. The third-order valence-corrected chi connectivity index (χ3v) is 2.19. The minimum absolute atomic E-state index is 0.0536. The molecule has 2 aromatic rings. The summed E-state index contributed by atoms with van der Waals surface area (Å²) in [6.07, 6.45) is 0. The first kappa shape index (κ1) is 8.72. The minimum Gasteiger partial charge on any atom is -0.321 e. The Bertz CT molecular complexity index is 412. The van der Waals surface area contributed by atoms with Gasteiger partial charge in [-0.2, -0.15) is 4.98 Å². The lowest BCUT2D eigenvalue weighted by atomic mass is 10.2. The van der Waals surface area contributed by atoms with Crippen LogP contribution in [0, 0.1) is 0 Å². The molecule has 5 heteroatoms. The van der Waals surface area contributed by atoms with Gasteiger partial charge in [-0.25, -0.2) is 0 Å². The first-order valence-corrected chi connectivity index (χ1v) is 4.68. The molecule has 0 amide bonds. The van der Waals surface area contributed by atoms with Crippen molar-refractivity contribution in [2.24, 2.45) is 0 Å². The molecular formula is C8H4BrClN2O. The zero-order valence-electron chi connectivity index (χ0n) is 6.37. The minimum atomic E-state index is 0.0536. The zero-order chi connectivity index (χ0) is 9.26. The van der Waals surface area contributed by atoms with Crippen LogP contribution in [0.1, 0.15) is 0 Å². The van der Waals surface area contributed by atoms with Crippen molar-refractivity contribution in [2.45, 2.75) is 0 Å². The molecule has 0 bridgehead atoms. The second-order valence-electron chi connectivity index (χ2n) is 2.38. The van der Waals surface area contributed by atoms with Gasteiger partial charge >= 0.3 is 5.35 Å². The van der Waals surface area contributed by atoms with E-state index < -0.39 is 0 Å². The van der Waals surface area contributed by atoms with E-state index in [-0.39, 0.29) is 5.35 Å². The number of nitrogens with zero attached hydrogens (tertiary/aromatic N) is 2. The largest absolute Gasteiger partial charge is 0.321 e. The van der Waals surface area contributed by atoms with Crippen LogP contribution in [0.5, 0.6) is 0 Å². The fraction of sp³-hybridized carbons (Fsp3) is 0. The van der Waals surface area contributed by atoms with Gasteiger partial charge < -0.3 is 4.52 Å². The van der Waals surface area contributed by atoms with Crippen molar-refractivity contribution >= 4 is 27.5 Å². The molecule has 0 spiro atoms. The fourth-order valence-corrected chi connectivity index (χ4v) is 1.30. The molecule has 1 aromatic carbocycles. The summed E-state index contributed by atoms with van der Waals surface area (Å²) >= 11 is 8.82. The number of rotatable bonds is 1. The summed E-state index contributed by atoms with van der Waals surface area (Å²) in [5, 5.41) is 3.74. The maximum absolute atomic E-state index is 5.49. The smallest absolute Gasteiger partial charge is 0.320 e. The van der Waals surface area contributed by atoms with E-state index >= 15 is 0 Å². The molecule has 1 aromatic heterocycles. The van der Waals surface area contributed by atoms with Crippen LogP contribution in [0.3, 0.4) is 0 Å². The van der Waals surface area contributed by atoms with Crippen molar-refractivity contribution in [1.29, 1.82) is 0 Å². The lowest BCUT2D eigenvalue weighted by Crippen LogP contribution is -1.78. The molecule has 0 aliphatic carbocycles. The molecular weight excluding hydrogens is 255 g/mol. The van der Waals surface area contributed by atoms with Gasteiger partial charge in [-0.1, -0.05) is 21.1 Å². The molecule has 2 rings (SSSR count). The van der Waals surface area contributed by atoms with Crippen LogP contribution in [0.4, 0.5) is 0 Å². The highest BCUT2D eigenvalue weighted by Crippen LogP contribution is 2.19. The number of hydrogen-bond acceptors (Lipinski definition) is 3. The third kappa shape index (κ3) is 1.89. The van der Waals surface area contributed by atoms with Crippen LogP contribution < -0.4 is 0 Å². The van der Waals surface area contributed by atoms with E-state index in [9.17, 15) is 0 Å². The third-order valence-electron chi connectivity index (χ3n) is 1.50. The Hall–Kier alpha value is -0.870. The molecule has 0 N–H and O–H groups in total. The van der Waals surface area contributed by atoms with Crippen molar-refractivity contribution in [3.63, 3.8) is 0 Å². The van der Waals surface area contributed by atoms with E-state index in [1.165, 1.54) is 0 Å². The average molecular weight is 259 g/mol. The van der Waals surface area contributed by atoms with Crippen molar-refractivity contribution in [3.8, 4) is 11.4 Å². The Kier molecular flexibility index (Phi) is 2.33. The summed E-state index contributed by atoms with van der Waals surface area (Å²) in [6.45, 7) is 0. The summed E-state index contributed by atoms with van der Waals surface area (Å²) in [6, 6.07) is 7.57. The van der Waals surface area contributed by atoms with Crippen LogP contribution in [-0.2, 0) is 0 Å². The Balaban J connectivity index is 2.41. The van der Waals surface area contributed by atoms with E-state index in [0.29, 0.717) is 5.82 Å². The van der Waals surface area contributed by atoms with Crippen LogP contribution in [0.25, 0.3) is 11.4 Å². The summed E-state index contributed by atoms with van der Waals surface area (Å²) < 4.78 is 5.65. The molecule has 3 nitrogen and oxygen atoms in total. The van der Waals surface area contributed by atoms with Crippen LogP contribution in [0.2, 0.25) is 5.35 Å². The van der Waals surface area contributed by atoms with Gasteiger partial charge in [0.15, 0.2) is 0 Å². The van der Waals surface area contributed by atoms with Crippen molar-refractivity contribution in [2.75, 3.05) is 0 Å². The van der Waals surface area contributed by atoms with Gasteiger partial charge in [0.25, 0.3) is 0 Å². The zero-order valence-corrected chi connectivity index (χ0v) is 8.71. The predicted octanol–water partition coefficient (Wildman–Crippen LogP) is 3.15. The molecule has 0 aliphatic heterocycles. The molecule has 0 unspecified atom stereocenters. The van der Waals surface area contributed by atoms with Crippen LogP contribution in [-0.4, -0.2) is 10.1 Å². The number of aromatic nitrogens is 2. The van der Waals surface area contributed by atoms with E-state index in [4.69, 9.17) is 11.6 Å². The van der Waals surface area contributed by atoms with Gasteiger partial charge in [0.1, 0.15) is 0 Å². The van der Waals surface area contributed by atoms with Crippen LogP contribution in [0.15, 0.2) is 33.3 Å². The quantitative estimate of drug-likeness (QED) is 0.790. The molecule has 0 radical (unpaired) electrons. The van der Waals surface area contributed by atoms with Crippen molar-refractivity contribution < 1.29 is 4.52 Å². The monoisotopic (exact) mass is 258 g/mol. The second kappa shape index (κ2) is 3.47. The molecule has 0 fully saturated rings. The molecule has 0 aliphatic rings. The maximum atomic E-state index is 5.49. The standard InChI is InChI=1S/C8H4BrClN2O/c9-6-3-1-5(2-4-6)7-11-8(10)13-12-7/h1-4H. The molecule has 0 atom stereocenters. The molecule has 66 valence electrons. The fourth-order valence-electron chi connectivity index (χ4n) is 0.921. The number of benzene rings is 1. The van der Waals surface area contributed by atoms with Crippen molar-refractivity contribution in [1.82, 2.24) is 10.1 Å². The highest BCUT2D eigenvalue weighted by molar-refractivity contribution is 9.10. The van der Waals surface area contributed by atoms with Gasteiger partial charge in [-0.05, 0) is 35.9 Å². The van der Waals surface area contributed by atoms with Crippen LogP contribution >= 0.6 is 27.5 Å². The summed E-state index contributed by atoms with van der Waals surface area (Å²) in [5.41, 5.74) is 0.874. The maximum Gasteiger partial charge on any atom is 0.320 e. The Morgan fingerprint density at radius 1 is 1.23 bits per heavy atom. The number of hydrogen-bond donors (Lipinski definition) is 0. The highest BCUT2D eigenvalue weighted by atomic mass is 79.9. The summed E-state index contributed by atoms with van der Waals surface area (Å²) in [7, 11) is 0. The average Bonchev–Trinajstić information content (AvgIpc) is 2.53. The van der Waals surface area contributed by atoms with E-state index in [2.05, 4.69) is 30.6 Å². The summed E-state index contributed by atoms with van der Waals surface area (Å²) in [4.78, 5) is 3.88. The Morgan fingerprint density at radius 3 is 2.46 bits per heavy atom. The van der Waals surface area contributed by atoms with Gasteiger partial charge in [-0.3, -0.25) is 0 Å². The molecule has 13 heavy (non-hydrogen) atoms. The van der Waals surface area contributed by atoms with Crippen molar-refractivity contribution in [3.05, 3.63) is 34.1 Å². The molecule has 0 saturated carbocycles. The Labute approximate surface area is 87.8 Å². The topological polar surface area (TPSA) is 38.9 Å². The molecule has 0 saturated heterocycles. The van der Waals surface area contributed by atoms with E-state index in [1.807, 2.05) is 24.3 Å². The highest BCUT2D eigenvalue weighted by Gasteiger charge is 2.05. The summed E-state index contributed by atoms with van der Waals surface area (Å²) in [5.74, 6) is 0.498. The van der Waals surface area contributed by atoms with Gasteiger partial charge in [0.05, 0.1) is 0 Å².